The minimum atomic E-state index is -0.0569. The fraction of sp³-hybridized carbons (Fsp3) is 0.375. The number of anilines is 1. The third kappa shape index (κ3) is 3.22. The molecule has 0 aliphatic carbocycles. The second-order valence-corrected chi connectivity index (χ2v) is 8.42. The molecule has 1 aromatic carbocycles. The second kappa shape index (κ2) is 6.14. The quantitative estimate of drug-likeness (QED) is 0.741. The SMILES string of the molecule is Nc1ccc(Sc2cnc(C(=O)NC3CC4CCC3N4)s2)cc1. The number of carbonyl (C=O) groups is 1. The maximum Gasteiger partial charge on any atom is 0.280 e. The van der Waals surface area contributed by atoms with Crippen LogP contribution in [0.15, 0.2) is 39.6 Å². The number of hydrogen-bond acceptors (Lipinski definition) is 6. The molecular formula is C16H18N4OS2. The number of thiazole rings is 1. The van der Waals surface area contributed by atoms with Gasteiger partial charge in [0.15, 0.2) is 5.01 Å². The number of aromatic nitrogens is 1. The summed E-state index contributed by atoms with van der Waals surface area (Å²) in [5.41, 5.74) is 6.44. The summed E-state index contributed by atoms with van der Waals surface area (Å²) in [6.45, 7) is 0. The van der Waals surface area contributed by atoms with Gasteiger partial charge in [-0.15, -0.1) is 11.3 Å². The molecule has 2 aromatic rings. The van der Waals surface area contributed by atoms with E-state index in [0.29, 0.717) is 17.1 Å². The molecular weight excluding hydrogens is 328 g/mol. The van der Waals surface area contributed by atoms with Crippen LogP contribution in [0.3, 0.4) is 0 Å². The normalized spacial score (nSPS) is 25.7. The molecule has 2 saturated heterocycles. The van der Waals surface area contributed by atoms with Gasteiger partial charge in [0.2, 0.25) is 0 Å². The molecule has 1 amide bonds. The van der Waals surface area contributed by atoms with Gasteiger partial charge < -0.3 is 16.4 Å². The van der Waals surface area contributed by atoms with Crippen LogP contribution in [0.4, 0.5) is 5.69 Å². The van der Waals surface area contributed by atoms with Crippen LogP contribution in [-0.2, 0) is 0 Å². The molecule has 2 aliphatic rings. The van der Waals surface area contributed by atoms with Gasteiger partial charge in [-0.1, -0.05) is 11.8 Å². The van der Waals surface area contributed by atoms with E-state index in [1.165, 1.54) is 17.8 Å². The third-order valence-electron chi connectivity index (χ3n) is 4.39. The predicted octanol–water partition coefficient (Wildman–Crippen LogP) is 2.50. The Morgan fingerprint density at radius 1 is 1.35 bits per heavy atom. The topological polar surface area (TPSA) is 80.0 Å². The van der Waals surface area contributed by atoms with Crippen molar-refractivity contribution < 1.29 is 4.79 Å². The van der Waals surface area contributed by atoms with E-state index in [1.54, 1.807) is 18.0 Å². The number of nitrogens with zero attached hydrogens (tertiary/aromatic N) is 1. The van der Waals surface area contributed by atoms with E-state index in [0.717, 1.165) is 27.6 Å². The molecule has 3 unspecified atom stereocenters. The molecule has 3 heterocycles. The van der Waals surface area contributed by atoms with Gasteiger partial charge in [0.05, 0.1) is 10.4 Å². The molecule has 0 saturated carbocycles. The molecule has 7 heteroatoms. The molecule has 1 aromatic heterocycles. The Bertz CT molecular complexity index is 715. The van der Waals surface area contributed by atoms with Crippen LogP contribution < -0.4 is 16.4 Å². The summed E-state index contributed by atoms with van der Waals surface area (Å²) in [4.78, 5) is 17.7. The molecule has 3 atom stereocenters. The lowest BCUT2D eigenvalue weighted by Crippen LogP contribution is -2.42. The number of rotatable bonds is 4. The third-order valence-corrected chi connectivity index (χ3v) is 6.50. The van der Waals surface area contributed by atoms with Gasteiger partial charge in [-0.3, -0.25) is 4.79 Å². The number of carbonyl (C=O) groups excluding carboxylic acids is 1. The van der Waals surface area contributed by atoms with E-state index < -0.39 is 0 Å². The number of nitrogens with one attached hydrogen (secondary N) is 2. The van der Waals surface area contributed by atoms with Crippen LogP contribution in [0.2, 0.25) is 0 Å². The fourth-order valence-electron chi connectivity index (χ4n) is 3.28. The van der Waals surface area contributed by atoms with E-state index in [4.69, 9.17) is 5.73 Å². The van der Waals surface area contributed by atoms with Crippen molar-refractivity contribution in [2.75, 3.05) is 5.73 Å². The van der Waals surface area contributed by atoms with Crippen molar-refractivity contribution in [1.29, 1.82) is 0 Å². The molecule has 2 bridgehead atoms. The molecule has 5 nitrogen and oxygen atoms in total. The van der Waals surface area contributed by atoms with E-state index in [2.05, 4.69) is 15.6 Å². The smallest absolute Gasteiger partial charge is 0.280 e. The summed E-state index contributed by atoms with van der Waals surface area (Å²) < 4.78 is 1.01. The zero-order valence-electron chi connectivity index (χ0n) is 12.5. The predicted molar refractivity (Wildman–Crippen MR) is 92.9 cm³/mol. The summed E-state index contributed by atoms with van der Waals surface area (Å²) >= 11 is 3.03. The van der Waals surface area contributed by atoms with Gasteiger partial charge >= 0.3 is 0 Å². The average molecular weight is 346 g/mol. The lowest BCUT2D eigenvalue weighted by Gasteiger charge is -2.20. The number of nitrogen functional groups attached to an aromatic ring is 1. The van der Waals surface area contributed by atoms with Gasteiger partial charge in [0, 0.05) is 28.7 Å². The van der Waals surface area contributed by atoms with Crippen LogP contribution in [0.5, 0.6) is 0 Å². The lowest BCUT2D eigenvalue weighted by atomic mass is 9.95. The minimum absolute atomic E-state index is 0.0569. The summed E-state index contributed by atoms with van der Waals surface area (Å²) in [6, 6.07) is 8.96. The van der Waals surface area contributed by atoms with Crippen molar-refractivity contribution in [3.8, 4) is 0 Å². The Labute approximate surface area is 143 Å². The Morgan fingerprint density at radius 3 is 2.87 bits per heavy atom. The van der Waals surface area contributed by atoms with Crippen LogP contribution in [0.25, 0.3) is 0 Å². The van der Waals surface area contributed by atoms with Crippen molar-refractivity contribution in [2.24, 2.45) is 0 Å². The molecule has 4 rings (SSSR count). The van der Waals surface area contributed by atoms with Gasteiger partial charge in [-0.05, 0) is 43.5 Å². The maximum absolute atomic E-state index is 12.4. The molecule has 4 N–H and O–H groups in total. The largest absolute Gasteiger partial charge is 0.399 e. The highest BCUT2D eigenvalue weighted by atomic mass is 32.2. The second-order valence-electron chi connectivity index (χ2n) is 6.02. The zero-order valence-corrected chi connectivity index (χ0v) is 14.1. The van der Waals surface area contributed by atoms with Crippen molar-refractivity contribution >= 4 is 34.7 Å². The monoisotopic (exact) mass is 346 g/mol. The van der Waals surface area contributed by atoms with Gasteiger partial charge in [0.25, 0.3) is 5.91 Å². The summed E-state index contributed by atoms with van der Waals surface area (Å²) in [6.07, 6.45) is 5.19. The zero-order chi connectivity index (χ0) is 15.8. The number of nitrogens with two attached hydrogens (primary N) is 1. The number of fused-ring (bicyclic) bond motifs is 2. The first-order valence-electron chi connectivity index (χ1n) is 7.73. The standard InChI is InChI=1S/C16H18N4OS2/c17-9-1-4-11(5-2-9)22-14-8-18-16(23-14)15(21)20-13-7-10-3-6-12(13)19-10/h1-2,4-5,8,10,12-13,19H,3,6-7,17H2,(H,20,21). The van der Waals surface area contributed by atoms with E-state index in [-0.39, 0.29) is 11.9 Å². The lowest BCUT2D eigenvalue weighted by molar-refractivity contribution is 0.0930. The molecule has 2 fully saturated rings. The first kappa shape index (κ1) is 15.0. The number of hydrogen-bond donors (Lipinski definition) is 3. The van der Waals surface area contributed by atoms with Gasteiger partial charge in [-0.2, -0.15) is 0 Å². The first-order chi connectivity index (χ1) is 11.2. The van der Waals surface area contributed by atoms with Crippen LogP contribution in [0, 0.1) is 0 Å². The van der Waals surface area contributed by atoms with Crippen molar-refractivity contribution in [3.05, 3.63) is 35.5 Å². The van der Waals surface area contributed by atoms with Crippen molar-refractivity contribution in [1.82, 2.24) is 15.6 Å². The molecule has 2 aliphatic heterocycles. The summed E-state index contributed by atoms with van der Waals surface area (Å²) in [5, 5.41) is 7.20. The Morgan fingerprint density at radius 2 is 2.17 bits per heavy atom. The van der Waals surface area contributed by atoms with E-state index in [9.17, 15) is 4.79 Å². The molecule has 120 valence electrons. The van der Waals surface area contributed by atoms with Gasteiger partial charge in [-0.25, -0.2) is 4.98 Å². The van der Waals surface area contributed by atoms with Crippen molar-refractivity contribution in [2.45, 2.75) is 46.5 Å². The number of benzene rings is 1. The summed E-state index contributed by atoms with van der Waals surface area (Å²) in [7, 11) is 0. The highest BCUT2D eigenvalue weighted by Gasteiger charge is 2.39. The van der Waals surface area contributed by atoms with Crippen LogP contribution >= 0.6 is 23.1 Å². The number of amides is 1. The van der Waals surface area contributed by atoms with Gasteiger partial charge in [0.1, 0.15) is 0 Å². The maximum atomic E-state index is 12.4. The highest BCUT2D eigenvalue weighted by molar-refractivity contribution is 8.01. The molecule has 0 spiro atoms. The van der Waals surface area contributed by atoms with Crippen molar-refractivity contribution in [3.63, 3.8) is 0 Å². The molecule has 0 radical (unpaired) electrons. The molecule has 23 heavy (non-hydrogen) atoms. The minimum Gasteiger partial charge on any atom is -0.399 e. The first-order valence-corrected chi connectivity index (χ1v) is 9.37. The van der Waals surface area contributed by atoms with E-state index >= 15 is 0 Å². The Balaban J connectivity index is 1.39. The average Bonchev–Trinajstić information content (AvgIpc) is 3.26. The summed E-state index contributed by atoms with van der Waals surface area (Å²) in [5.74, 6) is -0.0569. The van der Waals surface area contributed by atoms with Crippen LogP contribution in [-0.4, -0.2) is 29.0 Å². The van der Waals surface area contributed by atoms with E-state index in [1.807, 2.05) is 24.3 Å². The fourth-order valence-corrected chi connectivity index (χ4v) is 5.13. The Kier molecular flexibility index (Phi) is 4.00. The Hall–Kier alpha value is -1.57. The van der Waals surface area contributed by atoms with Crippen LogP contribution in [0.1, 0.15) is 29.1 Å². The highest BCUT2D eigenvalue weighted by Crippen LogP contribution is 2.33.